The number of rotatable bonds is 3. The van der Waals surface area contributed by atoms with E-state index in [0.29, 0.717) is 6.04 Å². The van der Waals surface area contributed by atoms with Crippen LogP contribution < -0.4 is 5.32 Å². The van der Waals surface area contributed by atoms with Crippen LogP contribution in [0.4, 0.5) is 0 Å². The molecule has 2 aliphatic rings. The minimum Gasteiger partial charge on any atom is -0.307 e. The van der Waals surface area contributed by atoms with Crippen molar-refractivity contribution in [3.05, 3.63) is 21.4 Å². The first-order chi connectivity index (χ1) is 7.36. The van der Waals surface area contributed by atoms with Gasteiger partial charge in [0, 0.05) is 21.8 Å². The molecule has 1 aromatic rings. The molecule has 3 rings (SSSR count). The zero-order chi connectivity index (χ0) is 10.3. The van der Waals surface area contributed by atoms with Gasteiger partial charge in [0.05, 0.1) is 0 Å². The summed E-state index contributed by atoms with van der Waals surface area (Å²) in [6.45, 7) is 2.26. The summed E-state index contributed by atoms with van der Waals surface area (Å²) >= 11 is 2.05. The van der Waals surface area contributed by atoms with E-state index in [4.69, 9.17) is 0 Å². The minimum absolute atomic E-state index is 0.679. The fraction of sp³-hybridized carbons (Fsp3) is 0.692. The highest BCUT2D eigenvalue weighted by molar-refractivity contribution is 7.12. The Morgan fingerprint density at radius 2 is 2.27 bits per heavy atom. The molecule has 2 heteroatoms. The summed E-state index contributed by atoms with van der Waals surface area (Å²) in [7, 11) is 0. The van der Waals surface area contributed by atoms with Crippen molar-refractivity contribution in [1.82, 2.24) is 5.32 Å². The van der Waals surface area contributed by atoms with Crippen molar-refractivity contribution in [2.75, 3.05) is 0 Å². The molecular weight excluding hydrogens is 202 g/mol. The highest BCUT2D eigenvalue weighted by Gasteiger charge is 2.29. The van der Waals surface area contributed by atoms with Crippen molar-refractivity contribution in [1.29, 1.82) is 0 Å². The van der Waals surface area contributed by atoms with Crippen LogP contribution in [0.15, 0.2) is 6.07 Å². The second kappa shape index (κ2) is 3.91. The summed E-state index contributed by atoms with van der Waals surface area (Å²) in [6.07, 6.45) is 8.05. The molecule has 0 aromatic carbocycles. The van der Waals surface area contributed by atoms with Gasteiger partial charge in [-0.1, -0.05) is 6.92 Å². The molecule has 1 atom stereocenters. The average Bonchev–Trinajstić information content (AvgIpc) is 2.96. The lowest BCUT2D eigenvalue weighted by Crippen LogP contribution is -2.25. The summed E-state index contributed by atoms with van der Waals surface area (Å²) in [4.78, 5) is 3.24. The number of hydrogen-bond acceptors (Lipinski definition) is 2. The van der Waals surface area contributed by atoms with Gasteiger partial charge in [-0.2, -0.15) is 0 Å². The van der Waals surface area contributed by atoms with E-state index in [-0.39, 0.29) is 0 Å². The molecule has 0 amide bonds. The van der Waals surface area contributed by atoms with Crippen LogP contribution in [0.3, 0.4) is 0 Å². The van der Waals surface area contributed by atoms with Crippen molar-refractivity contribution in [2.24, 2.45) is 0 Å². The summed E-state index contributed by atoms with van der Waals surface area (Å²) in [5.74, 6) is 0. The second-order valence-corrected chi connectivity index (χ2v) is 6.05. The Balaban J connectivity index is 1.83. The Hall–Kier alpha value is -0.340. The lowest BCUT2D eigenvalue weighted by atomic mass is 9.93. The summed E-state index contributed by atoms with van der Waals surface area (Å²) in [5.41, 5.74) is 1.63. The van der Waals surface area contributed by atoms with Crippen molar-refractivity contribution < 1.29 is 0 Å². The summed E-state index contributed by atoms with van der Waals surface area (Å²) < 4.78 is 0. The van der Waals surface area contributed by atoms with Crippen LogP contribution in [-0.2, 0) is 12.8 Å². The van der Waals surface area contributed by atoms with Gasteiger partial charge in [0.15, 0.2) is 0 Å². The van der Waals surface area contributed by atoms with Crippen LogP contribution in [0.2, 0.25) is 0 Å². The number of nitrogens with one attached hydrogen (secondary N) is 1. The molecule has 1 aromatic heterocycles. The van der Waals surface area contributed by atoms with Gasteiger partial charge in [-0.25, -0.2) is 0 Å². The molecule has 1 fully saturated rings. The highest BCUT2D eigenvalue weighted by atomic mass is 32.1. The monoisotopic (exact) mass is 221 g/mol. The van der Waals surface area contributed by atoms with E-state index in [2.05, 4.69) is 18.3 Å². The molecule has 0 radical (unpaired) electrons. The van der Waals surface area contributed by atoms with Crippen LogP contribution in [0, 0.1) is 0 Å². The van der Waals surface area contributed by atoms with Crippen molar-refractivity contribution in [3.63, 3.8) is 0 Å². The van der Waals surface area contributed by atoms with E-state index in [1.807, 2.05) is 11.3 Å². The van der Waals surface area contributed by atoms with E-state index in [9.17, 15) is 0 Å². The maximum absolute atomic E-state index is 3.79. The lowest BCUT2D eigenvalue weighted by molar-refractivity contribution is 0.461. The number of aryl methyl sites for hydroxylation is 2. The van der Waals surface area contributed by atoms with Gasteiger partial charge < -0.3 is 5.32 Å². The molecule has 1 unspecified atom stereocenters. The lowest BCUT2D eigenvalue weighted by Gasteiger charge is -2.23. The maximum Gasteiger partial charge on any atom is 0.0333 e. The van der Waals surface area contributed by atoms with Gasteiger partial charge in [-0.15, -0.1) is 11.3 Å². The molecule has 1 nitrogen and oxygen atoms in total. The van der Waals surface area contributed by atoms with Gasteiger partial charge in [0.2, 0.25) is 0 Å². The molecule has 1 saturated carbocycles. The van der Waals surface area contributed by atoms with Crippen molar-refractivity contribution in [2.45, 2.75) is 57.5 Å². The average molecular weight is 221 g/mol. The standard InChI is InChI=1S/C13H19NS/c1-2-10-8-11-12(14-9-6-7-9)4-3-5-13(11)15-10/h8-9,12,14H,2-7H2,1H3. The van der Waals surface area contributed by atoms with Crippen LogP contribution in [0.5, 0.6) is 0 Å². The molecule has 0 bridgehead atoms. The number of hydrogen-bond donors (Lipinski definition) is 1. The Kier molecular flexibility index (Phi) is 2.57. The molecule has 1 N–H and O–H groups in total. The Labute approximate surface area is 95.9 Å². The number of fused-ring (bicyclic) bond motifs is 1. The molecule has 2 aliphatic carbocycles. The Morgan fingerprint density at radius 1 is 1.40 bits per heavy atom. The van der Waals surface area contributed by atoms with E-state index in [0.717, 1.165) is 6.04 Å². The predicted molar refractivity (Wildman–Crippen MR) is 65.5 cm³/mol. The minimum atomic E-state index is 0.679. The van der Waals surface area contributed by atoms with Gasteiger partial charge in [-0.3, -0.25) is 0 Å². The topological polar surface area (TPSA) is 12.0 Å². The van der Waals surface area contributed by atoms with Crippen molar-refractivity contribution in [3.8, 4) is 0 Å². The van der Waals surface area contributed by atoms with Crippen LogP contribution >= 0.6 is 11.3 Å². The zero-order valence-corrected chi connectivity index (χ0v) is 10.2. The van der Waals surface area contributed by atoms with E-state index in [1.54, 1.807) is 15.3 Å². The Morgan fingerprint density at radius 3 is 3.00 bits per heavy atom. The molecule has 82 valence electrons. The second-order valence-electron chi connectivity index (χ2n) is 4.83. The molecule has 15 heavy (non-hydrogen) atoms. The SMILES string of the molecule is CCc1cc2c(s1)CCCC2NC1CC1. The first kappa shape index (κ1) is 9.86. The fourth-order valence-electron chi connectivity index (χ4n) is 2.49. The van der Waals surface area contributed by atoms with Gasteiger partial charge in [0.25, 0.3) is 0 Å². The van der Waals surface area contributed by atoms with E-state index < -0.39 is 0 Å². The molecule has 1 heterocycles. The zero-order valence-electron chi connectivity index (χ0n) is 9.38. The Bertz CT molecular complexity index is 351. The van der Waals surface area contributed by atoms with E-state index in [1.165, 1.54) is 38.5 Å². The molecule has 0 saturated heterocycles. The predicted octanol–water partition coefficient (Wildman–Crippen LogP) is 3.44. The maximum atomic E-state index is 3.79. The van der Waals surface area contributed by atoms with Gasteiger partial charge in [-0.05, 0) is 50.2 Å². The first-order valence-electron chi connectivity index (χ1n) is 6.24. The largest absolute Gasteiger partial charge is 0.307 e. The third-order valence-corrected chi connectivity index (χ3v) is 4.88. The van der Waals surface area contributed by atoms with Gasteiger partial charge in [0.1, 0.15) is 0 Å². The number of thiophene rings is 1. The fourth-order valence-corrected chi connectivity index (χ4v) is 3.71. The summed E-state index contributed by atoms with van der Waals surface area (Å²) in [6, 6.07) is 3.97. The van der Waals surface area contributed by atoms with Crippen molar-refractivity contribution >= 4 is 11.3 Å². The quantitative estimate of drug-likeness (QED) is 0.824. The third kappa shape index (κ3) is 1.98. The van der Waals surface area contributed by atoms with Gasteiger partial charge >= 0.3 is 0 Å². The van der Waals surface area contributed by atoms with Crippen LogP contribution in [0.25, 0.3) is 0 Å². The summed E-state index contributed by atoms with van der Waals surface area (Å²) in [5, 5.41) is 3.79. The van der Waals surface area contributed by atoms with E-state index >= 15 is 0 Å². The molecule has 0 aliphatic heterocycles. The smallest absolute Gasteiger partial charge is 0.0333 e. The molecular formula is C13H19NS. The molecule has 0 spiro atoms. The van der Waals surface area contributed by atoms with Crippen LogP contribution in [0.1, 0.15) is 54.0 Å². The van der Waals surface area contributed by atoms with Crippen LogP contribution in [-0.4, -0.2) is 6.04 Å². The third-order valence-electron chi connectivity index (χ3n) is 3.53. The normalized spacial score (nSPS) is 25.3. The highest BCUT2D eigenvalue weighted by Crippen LogP contribution is 2.37. The first-order valence-corrected chi connectivity index (χ1v) is 7.06.